The topological polar surface area (TPSA) is 66.4 Å². The van der Waals surface area contributed by atoms with Gasteiger partial charge in [0, 0.05) is 5.92 Å². The molecule has 0 aromatic rings. The fraction of sp³-hybridized carbons (Fsp3) is 0.625. The van der Waals surface area contributed by atoms with Gasteiger partial charge in [0.2, 0.25) is 5.91 Å². The van der Waals surface area contributed by atoms with Gasteiger partial charge in [-0.05, 0) is 25.7 Å². The molecule has 0 saturated heterocycles. The largest absolute Gasteiger partial charge is 0.480 e. The van der Waals surface area contributed by atoms with Crippen molar-refractivity contribution in [2.24, 2.45) is 5.92 Å². The maximum Gasteiger partial charge on any atom is 0.329 e. The van der Waals surface area contributed by atoms with Gasteiger partial charge in [-0.2, -0.15) is 0 Å². The highest BCUT2D eigenvalue weighted by Crippen LogP contribution is 2.28. The molecule has 0 aliphatic heterocycles. The van der Waals surface area contributed by atoms with E-state index in [4.69, 9.17) is 0 Å². The van der Waals surface area contributed by atoms with Gasteiger partial charge >= 0.3 is 5.97 Å². The lowest BCUT2D eigenvalue weighted by molar-refractivity contribution is -0.149. The average Bonchev–Trinajstić information content (AvgIpc) is 2.65. The molecule has 1 saturated carbocycles. The number of carboxylic acids is 1. The molecule has 1 aliphatic rings. The molecule has 112 valence electrons. The number of allylic oxidation sites excluding steroid dienone is 2. The van der Waals surface area contributed by atoms with Gasteiger partial charge in [0.1, 0.15) is 5.54 Å². The summed E-state index contributed by atoms with van der Waals surface area (Å²) in [5.74, 6) is -1.39. The summed E-state index contributed by atoms with van der Waals surface area (Å²) < 4.78 is 0. The Morgan fingerprint density at radius 1 is 1.10 bits per heavy atom. The Morgan fingerprint density at radius 3 is 2.00 bits per heavy atom. The Labute approximate surface area is 120 Å². The second-order valence-electron chi connectivity index (χ2n) is 5.54. The van der Waals surface area contributed by atoms with Crippen LogP contribution >= 0.6 is 0 Å². The summed E-state index contributed by atoms with van der Waals surface area (Å²) in [5, 5.41) is 12.4. The number of hydrogen-bond acceptors (Lipinski definition) is 2. The van der Waals surface area contributed by atoms with Crippen molar-refractivity contribution in [1.29, 1.82) is 0 Å². The van der Waals surface area contributed by atoms with Crippen molar-refractivity contribution in [2.45, 2.75) is 56.9 Å². The summed E-state index contributed by atoms with van der Waals surface area (Å²) in [6, 6.07) is 0. The molecule has 0 aromatic carbocycles. The van der Waals surface area contributed by atoms with Crippen LogP contribution in [0.25, 0.3) is 0 Å². The fourth-order valence-electron chi connectivity index (χ4n) is 2.78. The highest BCUT2D eigenvalue weighted by atomic mass is 16.4. The van der Waals surface area contributed by atoms with Crippen LogP contribution in [0.2, 0.25) is 0 Å². The van der Waals surface area contributed by atoms with Crippen LogP contribution in [0.5, 0.6) is 0 Å². The summed E-state index contributed by atoms with van der Waals surface area (Å²) >= 11 is 0. The molecule has 1 rings (SSSR count). The van der Waals surface area contributed by atoms with Crippen LogP contribution < -0.4 is 5.32 Å². The van der Waals surface area contributed by atoms with Gasteiger partial charge in [-0.15, -0.1) is 13.2 Å². The minimum atomic E-state index is -1.09. The molecule has 0 spiro atoms. The molecule has 0 heterocycles. The monoisotopic (exact) mass is 279 g/mol. The molecular weight excluding hydrogens is 254 g/mol. The van der Waals surface area contributed by atoms with Crippen molar-refractivity contribution in [1.82, 2.24) is 5.32 Å². The number of carbonyl (C=O) groups excluding carboxylic acids is 1. The summed E-state index contributed by atoms with van der Waals surface area (Å²) in [6.45, 7) is 7.30. The minimum absolute atomic E-state index is 0.200. The van der Waals surface area contributed by atoms with Gasteiger partial charge in [-0.1, -0.05) is 37.8 Å². The molecule has 4 heteroatoms. The lowest BCUT2D eigenvalue weighted by atomic mass is 9.88. The van der Waals surface area contributed by atoms with Crippen molar-refractivity contribution >= 4 is 11.9 Å². The Morgan fingerprint density at radius 2 is 1.60 bits per heavy atom. The highest BCUT2D eigenvalue weighted by molar-refractivity contribution is 5.88. The standard InChI is InChI=1S/C16H25NO3/c1-3-9-13(10-4-2)14(18)17-16(15(19)20)11-7-5-6-8-12-16/h3-4,13H,1-2,5-12H2,(H,17,18)(H,19,20). The van der Waals surface area contributed by atoms with E-state index in [1.54, 1.807) is 12.2 Å². The van der Waals surface area contributed by atoms with E-state index >= 15 is 0 Å². The van der Waals surface area contributed by atoms with Crippen LogP contribution in [-0.4, -0.2) is 22.5 Å². The van der Waals surface area contributed by atoms with E-state index in [0.717, 1.165) is 25.7 Å². The molecule has 0 bridgehead atoms. The third-order valence-corrected chi connectivity index (χ3v) is 4.00. The van der Waals surface area contributed by atoms with Crippen LogP contribution in [0.4, 0.5) is 0 Å². The number of carboxylic acid groups (broad SMARTS) is 1. The number of nitrogens with one attached hydrogen (secondary N) is 1. The van der Waals surface area contributed by atoms with Crippen LogP contribution in [0, 0.1) is 5.92 Å². The number of hydrogen-bond donors (Lipinski definition) is 2. The average molecular weight is 279 g/mol. The summed E-state index contributed by atoms with van der Waals surface area (Å²) in [7, 11) is 0. The molecule has 0 radical (unpaired) electrons. The molecule has 1 amide bonds. The van der Waals surface area contributed by atoms with Gasteiger partial charge < -0.3 is 10.4 Å². The third kappa shape index (κ3) is 4.22. The van der Waals surface area contributed by atoms with Gasteiger partial charge in [-0.25, -0.2) is 4.79 Å². The molecule has 4 nitrogen and oxygen atoms in total. The molecule has 1 aliphatic carbocycles. The fourth-order valence-corrected chi connectivity index (χ4v) is 2.78. The van der Waals surface area contributed by atoms with Crippen LogP contribution in [-0.2, 0) is 9.59 Å². The normalized spacial score (nSPS) is 18.1. The van der Waals surface area contributed by atoms with E-state index < -0.39 is 11.5 Å². The summed E-state index contributed by atoms with van der Waals surface area (Å²) in [6.07, 6.45) is 9.25. The lowest BCUT2D eigenvalue weighted by Crippen LogP contribution is -2.55. The number of rotatable bonds is 7. The Bertz CT molecular complexity index is 358. The van der Waals surface area contributed by atoms with Crippen molar-refractivity contribution < 1.29 is 14.7 Å². The first-order valence-electron chi connectivity index (χ1n) is 7.33. The first-order valence-corrected chi connectivity index (χ1v) is 7.33. The van der Waals surface area contributed by atoms with Crippen molar-refractivity contribution in [3.8, 4) is 0 Å². The van der Waals surface area contributed by atoms with Crippen LogP contribution in [0.15, 0.2) is 25.3 Å². The zero-order chi connectivity index (χ0) is 15.0. The van der Waals surface area contributed by atoms with E-state index in [1.807, 2.05) is 0 Å². The zero-order valence-corrected chi connectivity index (χ0v) is 12.1. The van der Waals surface area contributed by atoms with E-state index in [0.29, 0.717) is 25.7 Å². The second-order valence-corrected chi connectivity index (χ2v) is 5.54. The van der Waals surface area contributed by atoms with Gasteiger partial charge in [-0.3, -0.25) is 4.79 Å². The highest BCUT2D eigenvalue weighted by Gasteiger charge is 2.40. The maximum atomic E-state index is 12.3. The zero-order valence-electron chi connectivity index (χ0n) is 12.1. The first-order chi connectivity index (χ1) is 9.55. The van der Waals surface area contributed by atoms with Gasteiger partial charge in [0.15, 0.2) is 0 Å². The van der Waals surface area contributed by atoms with Crippen LogP contribution in [0.1, 0.15) is 51.4 Å². The predicted octanol–water partition coefficient (Wildman–Crippen LogP) is 3.05. The Hall–Kier alpha value is -1.58. The molecule has 20 heavy (non-hydrogen) atoms. The number of carbonyl (C=O) groups is 2. The predicted molar refractivity (Wildman–Crippen MR) is 79.3 cm³/mol. The maximum absolute atomic E-state index is 12.3. The molecule has 1 fully saturated rings. The number of aliphatic carboxylic acids is 1. The van der Waals surface area contributed by atoms with E-state index in [-0.39, 0.29) is 11.8 Å². The molecule has 0 unspecified atom stereocenters. The quantitative estimate of drug-likeness (QED) is 0.556. The minimum Gasteiger partial charge on any atom is -0.480 e. The van der Waals surface area contributed by atoms with Crippen molar-refractivity contribution in [3.05, 3.63) is 25.3 Å². The Balaban J connectivity index is 2.82. The van der Waals surface area contributed by atoms with Crippen molar-refractivity contribution in [3.63, 3.8) is 0 Å². The van der Waals surface area contributed by atoms with Crippen LogP contribution in [0.3, 0.4) is 0 Å². The first kappa shape index (κ1) is 16.5. The van der Waals surface area contributed by atoms with E-state index in [1.165, 1.54) is 0 Å². The summed E-state index contributed by atoms with van der Waals surface area (Å²) in [5.41, 5.74) is -1.09. The van der Waals surface area contributed by atoms with E-state index in [9.17, 15) is 14.7 Å². The Kier molecular flexibility index (Phi) is 6.49. The molecule has 0 aromatic heterocycles. The number of amides is 1. The molecule has 2 N–H and O–H groups in total. The summed E-state index contributed by atoms with van der Waals surface area (Å²) in [4.78, 5) is 24.0. The molecule has 0 atom stereocenters. The SMILES string of the molecule is C=CCC(CC=C)C(=O)NC1(C(=O)O)CCCCCC1. The van der Waals surface area contributed by atoms with Gasteiger partial charge in [0.05, 0.1) is 0 Å². The second kappa shape index (κ2) is 7.88. The van der Waals surface area contributed by atoms with Gasteiger partial charge in [0.25, 0.3) is 0 Å². The third-order valence-electron chi connectivity index (χ3n) is 4.00. The van der Waals surface area contributed by atoms with E-state index in [2.05, 4.69) is 18.5 Å². The van der Waals surface area contributed by atoms with Crippen molar-refractivity contribution in [2.75, 3.05) is 0 Å². The lowest BCUT2D eigenvalue weighted by Gasteiger charge is -2.31. The smallest absolute Gasteiger partial charge is 0.329 e. The molecular formula is C16H25NO3.